The molecule has 3 aliphatic rings. The third-order valence-electron chi connectivity index (χ3n) is 6.11. The van der Waals surface area contributed by atoms with Crippen molar-refractivity contribution >= 4 is 11.6 Å². The number of amidine groups is 1. The molecule has 3 aliphatic heterocycles. The highest BCUT2D eigenvalue weighted by atomic mass is 19.1. The predicted octanol–water partition coefficient (Wildman–Crippen LogP) is 3.92. The van der Waals surface area contributed by atoms with Crippen LogP contribution in [0.2, 0.25) is 0 Å². The maximum absolute atomic E-state index is 15.2. The molecule has 1 spiro atoms. The Morgan fingerprint density at radius 3 is 2.73 bits per heavy atom. The fourth-order valence-corrected chi connectivity index (χ4v) is 4.50. The van der Waals surface area contributed by atoms with Gasteiger partial charge < -0.3 is 19.9 Å². The molecule has 33 heavy (non-hydrogen) atoms. The van der Waals surface area contributed by atoms with Crippen molar-refractivity contribution in [1.29, 1.82) is 0 Å². The number of aromatic nitrogens is 2. The molecule has 2 N–H and O–H groups in total. The summed E-state index contributed by atoms with van der Waals surface area (Å²) in [5.41, 5.74) is 8.08. The van der Waals surface area contributed by atoms with Gasteiger partial charge in [-0.2, -0.15) is 8.78 Å². The average Bonchev–Trinajstić information content (AvgIpc) is 3.23. The molecule has 0 saturated carbocycles. The van der Waals surface area contributed by atoms with Gasteiger partial charge in [0.2, 0.25) is 5.95 Å². The SMILES string of the molecule is NC1=NC2(CO1)c1cc(-c3cccnc3F)ccc1Oc1c2cc(C2=CCOCC2)nc1F. The maximum Gasteiger partial charge on any atom is 0.283 e. The normalized spacial score (nSPS) is 20.9. The van der Waals surface area contributed by atoms with Crippen molar-refractivity contribution in [3.8, 4) is 22.6 Å². The average molecular weight is 448 g/mol. The zero-order chi connectivity index (χ0) is 22.6. The molecule has 1 aromatic carbocycles. The molecule has 0 amide bonds. The van der Waals surface area contributed by atoms with Crippen molar-refractivity contribution in [2.24, 2.45) is 10.7 Å². The molecule has 1 unspecified atom stereocenters. The monoisotopic (exact) mass is 448 g/mol. The minimum atomic E-state index is -1.16. The van der Waals surface area contributed by atoms with E-state index in [0.717, 1.165) is 5.57 Å². The van der Waals surface area contributed by atoms with Gasteiger partial charge in [-0.1, -0.05) is 12.1 Å². The number of nitrogens with zero attached hydrogens (tertiary/aromatic N) is 3. The third kappa shape index (κ3) is 3.07. The van der Waals surface area contributed by atoms with Gasteiger partial charge in [0.15, 0.2) is 11.3 Å². The summed E-state index contributed by atoms with van der Waals surface area (Å²) >= 11 is 0. The summed E-state index contributed by atoms with van der Waals surface area (Å²) in [4.78, 5) is 12.5. The van der Waals surface area contributed by atoms with Gasteiger partial charge in [0, 0.05) is 22.9 Å². The molecule has 0 fully saturated rings. The van der Waals surface area contributed by atoms with Gasteiger partial charge >= 0.3 is 0 Å². The Morgan fingerprint density at radius 1 is 1.06 bits per heavy atom. The first-order valence-corrected chi connectivity index (χ1v) is 10.4. The first-order valence-electron chi connectivity index (χ1n) is 10.4. The number of halogens is 2. The van der Waals surface area contributed by atoms with Crippen LogP contribution in [0, 0.1) is 11.9 Å². The Hall–Kier alpha value is -3.85. The second-order valence-corrected chi connectivity index (χ2v) is 7.98. The highest BCUT2D eigenvalue weighted by Crippen LogP contribution is 2.52. The molecular formula is C24H18F2N4O3. The van der Waals surface area contributed by atoms with E-state index in [4.69, 9.17) is 19.9 Å². The van der Waals surface area contributed by atoms with Crippen LogP contribution in [-0.2, 0) is 15.0 Å². The molecule has 0 bridgehead atoms. The van der Waals surface area contributed by atoms with E-state index in [-0.39, 0.29) is 18.4 Å². The van der Waals surface area contributed by atoms with Crippen molar-refractivity contribution in [2.45, 2.75) is 12.0 Å². The van der Waals surface area contributed by atoms with Crippen LogP contribution in [0.1, 0.15) is 23.2 Å². The second kappa shape index (κ2) is 7.35. The van der Waals surface area contributed by atoms with E-state index >= 15 is 4.39 Å². The number of hydrogen-bond donors (Lipinski definition) is 1. The van der Waals surface area contributed by atoms with Crippen LogP contribution >= 0.6 is 0 Å². The van der Waals surface area contributed by atoms with Crippen molar-refractivity contribution < 1.29 is 23.0 Å². The number of hydrogen-bond acceptors (Lipinski definition) is 7. The van der Waals surface area contributed by atoms with E-state index in [1.54, 1.807) is 36.4 Å². The molecular weight excluding hydrogens is 430 g/mol. The number of aliphatic imine (C=N–C) groups is 1. The van der Waals surface area contributed by atoms with Crippen LogP contribution in [0.5, 0.6) is 11.5 Å². The third-order valence-corrected chi connectivity index (χ3v) is 6.11. The second-order valence-electron chi connectivity index (χ2n) is 7.98. The quantitative estimate of drug-likeness (QED) is 0.598. The molecule has 0 aliphatic carbocycles. The molecule has 5 heterocycles. The lowest BCUT2D eigenvalue weighted by molar-refractivity contribution is 0.161. The Balaban J connectivity index is 1.57. The van der Waals surface area contributed by atoms with Gasteiger partial charge in [0.1, 0.15) is 12.4 Å². The van der Waals surface area contributed by atoms with E-state index in [0.29, 0.717) is 53.3 Å². The molecule has 0 radical (unpaired) electrons. The standard InChI is InChI=1S/C24H18F2N4O3/c25-21-15(2-1-7-28-21)14-3-4-19-16(10-14)24(12-32-23(27)30-24)17-11-18(13-5-8-31-9-6-13)29-22(26)20(17)33-19/h1-5,7,10-11H,6,8-9,12H2,(H2,27,30). The lowest BCUT2D eigenvalue weighted by atomic mass is 9.80. The number of benzene rings is 1. The Kier molecular flexibility index (Phi) is 4.41. The topological polar surface area (TPSA) is 91.9 Å². The van der Waals surface area contributed by atoms with Crippen LogP contribution in [0.4, 0.5) is 8.78 Å². The molecule has 7 nitrogen and oxygen atoms in total. The van der Waals surface area contributed by atoms with Gasteiger partial charge in [0.25, 0.3) is 12.0 Å². The predicted molar refractivity (Wildman–Crippen MR) is 116 cm³/mol. The van der Waals surface area contributed by atoms with Crippen LogP contribution < -0.4 is 10.5 Å². The van der Waals surface area contributed by atoms with Gasteiger partial charge in [-0.25, -0.2) is 15.0 Å². The summed E-state index contributed by atoms with van der Waals surface area (Å²) in [5.74, 6) is -1.00. The highest BCUT2D eigenvalue weighted by Gasteiger charge is 2.48. The highest BCUT2D eigenvalue weighted by molar-refractivity contribution is 5.78. The summed E-state index contributed by atoms with van der Waals surface area (Å²) in [6.45, 7) is 1.02. The Bertz CT molecular complexity index is 1360. The fourth-order valence-electron chi connectivity index (χ4n) is 4.50. The van der Waals surface area contributed by atoms with Crippen LogP contribution in [0.25, 0.3) is 16.7 Å². The van der Waals surface area contributed by atoms with E-state index in [2.05, 4.69) is 15.0 Å². The smallest absolute Gasteiger partial charge is 0.283 e. The zero-order valence-electron chi connectivity index (χ0n) is 17.3. The largest absolute Gasteiger partial charge is 0.462 e. The first-order chi connectivity index (χ1) is 16.0. The summed E-state index contributed by atoms with van der Waals surface area (Å²) < 4.78 is 46.5. The minimum Gasteiger partial charge on any atom is -0.462 e. The van der Waals surface area contributed by atoms with Crippen LogP contribution in [-0.4, -0.2) is 35.8 Å². The number of nitrogens with two attached hydrogens (primary N) is 1. The summed E-state index contributed by atoms with van der Waals surface area (Å²) in [5, 5.41) is 0. The van der Waals surface area contributed by atoms with Gasteiger partial charge in [-0.15, -0.1) is 0 Å². The van der Waals surface area contributed by atoms with E-state index < -0.39 is 17.4 Å². The molecule has 9 heteroatoms. The number of ether oxygens (including phenoxy) is 3. The number of pyridine rings is 2. The molecule has 166 valence electrons. The maximum atomic E-state index is 15.2. The van der Waals surface area contributed by atoms with Crippen LogP contribution in [0.15, 0.2) is 53.7 Å². The molecule has 0 saturated heterocycles. The number of rotatable bonds is 2. The lowest BCUT2D eigenvalue weighted by Gasteiger charge is -2.34. The summed E-state index contributed by atoms with van der Waals surface area (Å²) in [6, 6.07) is 10.1. The van der Waals surface area contributed by atoms with E-state index in [1.165, 1.54) is 6.20 Å². The van der Waals surface area contributed by atoms with E-state index in [1.807, 2.05) is 6.08 Å². The minimum absolute atomic E-state index is 0.0178. The van der Waals surface area contributed by atoms with Gasteiger partial charge in [-0.05, 0) is 47.9 Å². The number of fused-ring (bicyclic) bond motifs is 4. The first kappa shape index (κ1) is 19.8. The van der Waals surface area contributed by atoms with Gasteiger partial charge in [-0.3, -0.25) is 0 Å². The fraction of sp³-hybridized carbons (Fsp3) is 0.208. The molecule has 1 atom stereocenters. The molecule has 3 aromatic rings. The summed E-state index contributed by atoms with van der Waals surface area (Å²) in [6.07, 6.45) is 3.88. The molecule has 6 rings (SSSR count). The van der Waals surface area contributed by atoms with Crippen molar-refractivity contribution in [3.05, 3.63) is 77.4 Å². The zero-order valence-corrected chi connectivity index (χ0v) is 17.3. The van der Waals surface area contributed by atoms with Gasteiger partial charge in [0.05, 0.1) is 18.9 Å². The van der Waals surface area contributed by atoms with E-state index in [9.17, 15) is 4.39 Å². The van der Waals surface area contributed by atoms with Crippen molar-refractivity contribution in [2.75, 3.05) is 19.8 Å². The Labute approximate surface area is 187 Å². The van der Waals surface area contributed by atoms with Crippen molar-refractivity contribution in [3.63, 3.8) is 0 Å². The van der Waals surface area contributed by atoms with Crippen molar-refractivity contribution in [1.82, 2.24) is 9.97 Å². The molecule has 2 aromatic heterocycles. The lowest BCUT2D eigenvalue weighted by Crippen LogP contribution is -2.32. The Morgan fingerprint density at radius 2 is 1.97 bits per heavy atom. The van der Waals surface area contributed by atoms with Crippen LogP contribution in [0.3, 0.4) is 0 Å². The summed E-state index contributed by atoms with van der Waals surface area (Å²) in [7, 11) is 0.